The highest BCUT2D eigenvalue weighted by molar-refractivity contribution is 5.94. The smallest absolute Gasteiger partial charge is 0.238 e. The number of carbonyl (C=O) groups is 3. The van der Waals surface area contributed by atoms with Gasteiger partial charge in [0.05, 0.1) is 25.4 Å². The first kappa shape index (κ1) is 19.6. The number of likely N-dealkylation sites (tertiary alicyclic amines) is 1. The van der Waals surface area contributed by atoms with E-state index in [9.17, 15) is 14.4 Å². The summed E-state index contributed by atoms with van der Waals surface area (Å²) < 4.78 is 5.22. The molecule has 8 nitrogen and oxygen atoms in total. The molecule has 1 saturated heterocycles. The van der Waals surface area contributed by atoms with Crippen LogP contribution in [0.15, 0.2) is 47.1 Å². The van der Waals surface area contributed by atoms with Crippen molar-refractivity contribution in [3.05, 3.63) is 48.4 Å². The first-order valence-corrected chi connectivity index (χ1v) is 9.23. The molecule has 1 aromatic heterocycles. The van der Waals surface area contributed by atoms with Crippen molar-refractivity contribution in [2.45, 2.75) is 32.4 Å². The Morgan fingerprint density at radius 2 is 1.82 bits per heavy atom. The molecule has 1 aromatic carbocycles. The third kappa shape index (κ3) is 5.43. The Kier molecular flexibility index (Phi) is 6.44. The molecule has 3 rings (SSSR count). The van der Waals surface area contributed by atoms with Crippen molar-refractivity contribution >= 4 is 29.1 Å². The van der Waals surface area contributed by atoms with Gasteiger partial charge in [0.2, 0.25) is 17.7 Å². The average molecular weight is 384 g/mol. The molecule has 8 heteroatoms. The summed E-state index contributed by atoms with van der Waals surface area (Å²) in [5.74, 6) is 0.264. The number of nitrogens with zero attached hydrogens (tertiary/aromatic N) is 1. The number of anilines is 2. The Morgan fingerprint density at radius 3 is 2.46 bits per heavy atom. The molecule has 0 saturated carbocycles. The minimum absolute atomic E-state index is 0.0960. The zero-order valence-electron chi connectivity index (χ0n) is 15.7. The van der Waals surface area contributed by atoms with Crippen LogP contribution in [-0.4, -0.2) is 41.8 Å². The van der Waals surface area contributed by atoms with Crippen molar-refractivity contribution < 1.29 is 18.8 Å². The fourth-order valence-corrected chi connectivity index (χ4v) is 3.24. The van der Waals surface area contributed by atoms with Gasteiger partial charge in [0.1, 0.15) is 5.76 Å². The van der Waals surface area contributed by atoms with Gasteiger partial charge in [0.25, 0.3) is 0 Å². The summed E-state index contributed by atoms with van der Waals surface area (Å²) in [7, 11) is 0. The Hall–Kier alpha value is -3.13. The second-order valence-electron chi connectivity index (χ2n) is 6.73. The lowest BCUT2D eigenvalue weighted by Crippen LogP contribution is -2.45. The van der Waals surface area contributed by atoms with E-state index in [0.717, 1.165) is 12.8 Å². The predicted octanol–water partition coefficient (Wildman–Crippen LogP) is 1.96. The van der Waals surface area contributed by atoms with Crippen molar-refractivity contribution in [1.82, 2.24) is 10.2 Å². The van der Waals surface area contributed by atoms with Gasteiger partial charge >= 0.3 is 0 Å². The van der Waals surface area contributed by atoms with Crippen LogP contribution >= 0.6 is 0 Å². The maximum Gasteiger partial charge on any atom is 0.238 e. The first-order chi connectivity index (χ1) is 13.5. The van der Waals surface area contributed by atoms with Crippen LogP contribution in [0.4, 0.5) is 11.4 Å². The maximum absolute atomic E-state index is 12.5. The van der Waals surface area contributed by atoms with E-state index < -0.39 is 0 Å². The van der Waals surface area contributed by atoms with Crippen LogP contribution in [0.1, 0.15) is 25.5 Å². The zero-order chi connectivity index (χ0) is 19.9. The molecule has 1 atom stereocenters. The largest absolute Gasteiger partial charge is 0.467 e. The van der Waals surface area contributed by atoms with E-state index in [1.165, 1.54) is 6.92 Å². The van der Waals surface area contributed by atoms with E-state index in [-0.39, 0.29) is 30.3 Å². The highest BCUT2D eigenvalue weighted by atomic mass is 16.3. The Balaban J connectivity index is 1.49. The van der Waals surface area contributed by atoms with E-state index >= 15 is 0 Å². The highest BCUT2D eigenvalue weighted by Crippen LogP contribution is 2.18. The molecule has 2 heterocycles. The fourth-order valence-electron chi connectivity index (χ4n) is 3.24. The van der Waals surface area contributed by atoms with Gasteiger partial charge < -0.3 is 20.4 Å². The normalized spacial score (nSPS) is 16.5. The summed E-state index contributed by atoms with van der Waals surface area (Å²) in [5, 5.41) is 8.36. The quantitative estimate of drug-likeness (QED) is 0.677. The number of rotatable bonds is 7. The number of furan rings is 1. The number of nitrogens with one attached hydrogen (secondary N) is 3. The van der Waals surface area contributed by atoms with Crippen molar-refractivity contribution in [2.24, 2.45) is 0 Å². The van der Waals surface area contributed by atoms with Crippen LogP contribution in [0.2, 0.25) is 0 Å². The molecule has 3 amide bonds. The van der Waals surface area contributed by atoms with Gasteiger partial charge in [-0.15, -0.1) is 0 Å². The number of carbonyl (C=O) groups excluding carboxylic acids is 3. The number of hydrogen-bond acceptors (Lipinski definition) is 5. The van der Waals surface area contributed by atoms with Crippen LogP contribution in [-0.2, 0) is 20.9 Å². The highest BCUT2D eigenvalue weighted by Gasteiger charge is 2.31. The standard InChI is InChI=1S/C20H24N4O4/c1-14(25)22-15-6-8-16(9-7-15)23-19(26)13-24-10-2-5-18(24)20(27)21-12-17-4-3-11-28-17/h3-4,6-9,11,18H,2,5,10,12-13H2,1H3,(H,21,27)(H,22,25)(H,23,26). The summed E-state index contributed by atoms with van der Waals surface area (Å²) in [4.78, 5) is 37.8. The third-order valence-corrected chi connectivity index (χ3v) is 4.52. The van der Waals surface area contributed by atoms with Crippen molar-refractivity contribution in [3.63, 3.8) is 0 Å². The van der Waals surface area contributed by atoms with Crippen LogP contribution in [0.5, 0.6) is 0 Å². The Morgan fingerprint density at radius 1 is 1.11 bits per heavy atom. The van der Waals surface area contributed by atoms with Gasteiger partial charge in [-0.05, 0) is 55.8 Å². The van der Waals surface area contributed by atoms with Crippen LogP contribution in [0.3, 0.4) is 0 Å². The molecular formula is C20H24N4O4. The second kappa shape index (κ2) is 9.18. The van der Waals surface area contributed by atoms with Gasteiger partial charge in [0.15, 0.2) is 0 Å². The maximum atomic E-state index is 12.5. The lowest BCUT2D eigenvalue weighted by molar-refractivity contribution is -0.126. The molecule has 0 bridgehead atoms. The van der Waals surface area contributed by atoms with E-state index in [1.807, 2.05) is 4.90 Å². The SMILES string of the molecule is CC(=O)Nc1ccc(NC(=O)CN2CCCC2C(=O)NCc2ccco2)cc1. The molecule has 0 radical (unpaired) electrons. The van der Waals surface area contributed by atoms with Crippen LogP contribution < -0.4 is 16.0 Å². The first-order valence-electron chi connectivity index (χ1n) is 9.23. The van der Waals surface area contributed by atoms with Gasteiger partial charge in [-0.2, -0.15) is 0 Å². The average Bonchev–Trinajstić information content (AvgIpc) is 3.33. The van der Waals surface area contributed by atoms with E-state index in [2.05, 4.69) is 16.0 Å². The summed E-state index contributed by atoms with van der Waals surface area (Å²) in [6, 6.07) is 10.1. The molecule has 0 spiro atoms. The number of benzene rings is 1. The molecule has 28 heavy (non-hydrogen) atoms. The van der Waals surface area contributed by atoms with Crippen molar-refractivity contribution in [2.75, 3.05) is 23.7 Å². The molecule has 1 fully saturated rings. The van der Waals surface area contributed by atoms with Crippen LogP contribution in [0.25, 0.3) is 0 Å². The van der Waals surface area contributed by atoms with Gasteiger partial charge in [-0.25, -0.2) is 0 Å². The zero-order valence-corrected chi connectivity index (χ0v) is 15.7. The van der Waals surface area contributed by atoms with E-state index in [0.29, 0.717) is 30.2 Å². The number of amides is 3. The third-order valence-electron chi connectivity index (χ3n) is 4.52. The van der Waals surface area contributed by atoms with E-state index in [1.54, 1.807) is 42.7 Å². The molecule has 1 aliphatic heterocycles. The lowest BCUT2D eigenvalue weighted by atomic mass is 10.2. The monoisotopic (exact) mass is 384 g/mol. The van der Waals surface area contributed by atoms with Crippen molar-refractivity contribution in [1.29, 1.82) is 0 Å². The van der Waals surface area contributed by atoms with Gasteiger partial charge in [0, 0.05) is 18.3 Å². The number of hydrogen-bond donors (Lipinski definition) is 3. The van der Waals surface area contributed by atoms with Gasteiger partial charge in [-0.1, -0.05) is 0 Å². The van der Waals surface area contributed by atoms with Crippen LogP contribution in [0, 0.1) is 0 Å². The lowest BCUT2D eigenvalue weighted by Gasteiger charge is -2.23. The second-order valence-corrected chi connectivity index (χ2v) is 6.73. The Labute approximate surface area is 163 Å². The molecule has 3 N–H and O–H groups in total. The molecule has 1 aliphatic rings. The molecule has 1 unspecified atom stereocenters. The van der Waals surface area contributed by atoms with Crippen molar-refractivity contribution in [3.8, 4) is 0 Å². The molecule has 0 aliphatic carbocycles. The predicted molar refractivity (Wildman–Crippen MR) is 105 cm³/mol. The molecule has 2 aromatic rings. The summed E-state index contributed by atoms with van der Waals surface area (Å²) in [6.45, 7) is 2.62. The molecular weight excluding hydrogens is 360 g/mol. The van der Waals surface area contributed by atoms with E-state index in [4.69, 9.17) is 4.42 Å². The molecule has 148 valence electrons. The topological polar surface area (TPSA) is 104 Å². The minimum atomic E-state index is -0.317. The van der Waals surface area contributed by atoms with Gasteiger partial charge in [-0.3, -0.25) is 19.3 Å². The fraction of sp³-hybridized carbons (Fsp3) is 0.350. The minimum Gasteiger partial charge on any atom is -0.467 e. The summed E-state index contributed by atoms with van der Waals surface area (Å²) >= 11 is 0. The Bertz CT molecular complexity index is 817. The summed E-state index contributed by atoms with van der Waals surface area (Å²) in [5.41, 5.74) is 1.30. The summed E-state index contributed by atoms with van der Waals surface area (Å²) in [6.07, 6.45) is 3.16.